The van der Waals surface area contributed by atoms with Gasteiger partial charge in [0.25, 0.3) is 0 Å². The molecule has 16 heavy (non-hydrogen) atoms. The molecule has 0 bridgehead atoms. The lowest BCUT2D eigenvalue weighted by Crippen LogP contribution is -2.30. The Balaban J connectivity index is 2.28. The van der Waals surface area contributed by atoms with Gasteiger partial charge in [0.1, 0.15) is 11.4 Å². The Labute approximate surface area is 94.7 Å². The van der Waals surface area contributed by atoms with Crippen LogP contribution in [-0.4, -0.2) is 13.1 Å². The van der Waals surface area contributed by atoms with E-state index in [1.165, 1.54) is 6.08 Å². The Kier molecular flexibility index (Phi) is 2.69. The van der Waals surface area contributed by atoms with Gasteiger partial charge in [-0.1, -0.05) is 18.2 Å². The van der Waals surface area contributed by atoms with Crippen molar-refractivity contribution in [1.29, 1.82) is 0 Å². The minimum absolute atomic E-state index is 0.287. The summed E-state index contributed by atoms with van der Waals surface area (Å²) in [6, 6.07) is 7.58. The molecule has 0 spiro atoms. The summed E-state index contributed by atoms with van der Waals surface area (Å²) >= 11 is 0. The zero-order valence-corrected chi connectivity index (χ0v) is 9.40. The first-order chi connectivity index (χ1) is 7.64. The standard InChI is InChI=1S/C13H14O3/c1-13(9-3-4-12(14)16-13)10-5-7-11(15-2)8-6-10/h3-8H,9H2,1-2H3. The first kappa shape index (κ1) is 10.7. The summed E-state index contributed by atoms with van der Waals surface area (Å²) in [5.74, 6) is 0.509. The van der Waals surface area contributed by atoms with E-state index in [2.05, 4.69) is 0 Å². The fourth-order valence-corrected chi connectivity index (χ4v) is 1.80. The molecule has 1 aromatic carbocycles. The number of carbonyl (C=O) groups excluding carboxylic acids is 1. The highest BCUT2D eigenvalue weighted by Gasteiger charge is 2.31. The summed E-state index contributed by atoms with van der Waals surface area (Å²) in [7, 11) is 1.63. The van der Waals surface area contributed by atoms with Gasteiger partial charge in [0.05, 0.1) is 7.11 Å². The highest BCUT2D eigenvalue weighted by molar-refractivity contribution is 5.83. The van der Waals surface area contributed by atoms with Gasteiger partial charge in [-0.05, 0) is 24.6 Å². The van der Waals surface area contributed by atoms with Crippen molar-refractivity contribution < 1.29 is 14.3 Å². The molecule has 1 atom stereocenters. The highest BCUT2D eigenvalue weighted by atomic mass is 16.6. The van der Waals surface area contributed by atoms with E-state index in [0.717, 1.165) is 11.3 Å². The first-order valence-electron chi connectivity index (χ1n) is 5.18. The van der Waals surface area contributed by atoms with E-state index >= 15 is 0 Å². The maximum atomic E-state index is 11.2. The van der Waals surface area contributed by atoms with Gasteiger partial charge in [0.2, 0.25) is 0 Å². The van der Waals surface area contributed by atoms with Crippen LogP contribution in [0.15, 0.2) is 36.4 Å². The number of benzene rings is 1. The lowest BCUT2D eigenvalue weighted by molar-refractivity contribution is -0.154. The van der Waals surface area contributed by atoms with Gasteiger partial charge in [0, 0.05) is 12.5 Å². The van der Waals surface area contributed by atoms with Gasteiger partial charge in [-0.3, -0.25) is 0 Å². The Hall–Kier alpha value is -1.77. The second-order valence-electron chi connectivity index (χ2n) is 3.99. The Morgan fingerprint density at radius 3 is 2.56 bits per heavy atom. The molecular weight excluding hydrogens is 204 g/mol. The highest BCUT2D eigenvalue weighted by Crippen LogP contribution is 2.33. The molecular formula is C13H14O3. The molecule has 0 saturated heterocycles. The molecule has 0 aromatic heterocycles. The summed E-state index contributed by atoms with van der Waals surface area (Å²) in [6.45, 7) is 1.91. The van der Waals surface area contributed by atoms with Gasteiger partial charge >= 0.3 is 5.97 Å². The van der Waals surface area contributed by atoms with Crippen LogP contribution in [-0.2, 0) is 15.1 Å². The van der Waals surface area contributed by atoms with Crippen LogP contribution in [0.3, 0.4) is 0 Å². The van der Waals surface area contributed by atoms with E-state index in [4.69, 9.17) is 9.47 Å². The minimum atomic E-state index is -0.557. The number of cyclic esters (lactones) is 1. The van der Waals surface area contributed by atoms with Gasteiger partial charge in [-0.15, -0.1) is 0 Å². The molecule has 0 N–H and O–H groups in total. The van der Waals surface area contributed by atoms with Crippen LogP contribution in [0.2, 0.25) is 0 Å². The molecule has 0 amide bonds. The van der Waals surface area contributed by atoms with Crippen LogP contribution in [0, 0.1) is 0 Å². The summed E-state index contributed by atoms with van der Waals surface area (Å²) in [5.41, 5.74) is 0.420. The van der Waals surface area contributed by atoms with Crippen LogP contribution < -0.4 is 4.74 Å². The van der Waals surface area contributed by atoms with Crippen molar-refractivity contribution in [2.45, 2.75) is 18.9 Å². The summed E-state index contributed by atoms with van der Waals surface area (Å²) in [6.07, 6.45) is 4.01. The van der Waals surface area contributed by atoms with E-state index in [9.17, 15) is 4.79 Å². The van der Waals surface area contributed by atoms with Crippen molar-refractivity contribution in [3.63, 3.8) is 0 Å². The number of ether oxygens (including phenoxy) is 2. The summed E-state index contributed by atoms with van der Waals surface area (Å²) in [5, 5.41) is 0. The average Bonchev–Trinajstić information content (AvgIpc) is 2.29. The predicted octanol–water partition coefficient (Wildman–Crippen LogP) is 2.41. The molecule has 1 aliphatic heterocycles. The number of rotatable bonds is 2. The van der Waals surface area contributed by atoms with E-state index in [1.807, 2.05) is 37.3 Å². The lowest BCUT2D eigenvalue weighted by atomic mass is 9.90. The molecule has 1 aromatic rings. The molecule has 2 rings (SSSR count). The minimum Gasteiger partial charge on any atom is -0.497 e. The molecule has 1 heterocycles. The second kappa shape index (κ2) is 4.00. The first-order valence-corrected chi connectivity index (χ1v) is 5.18. The summed E-state index contributed by atoms with van der Waals surface area (Å²) in [4.78, 5) is 11.2. The normalized spacial score (nSPS) is 24.0. The van der Waals surface area contributed by atoms with Gasteiger partial charge in [0.15, 0.2) is 0 Å². The van der Waals surface area contributed by atoms with Crippen LogP contribution >= 0.6 is 0 Å². The zero-order chi connectivity index (χ0) is 11.6. The van der Waals surface area contributed by atoms with Gasteiger partial charge in [-0.25, -0.2) is 4.79 Å². The molecule has 0 radical (unpaired) electrons. The number of hydrogen-bond acceptors (Lipinski definition) is 3. The predicted molar refractivity (Wildman–Crippen MR) is 60.2 cm³/mol. The van der Waals surface area contributed by atoms with Crippen LogP contribution in [0.4, 0.5) is 0 Å². The monoisotopic (exact) mass is 218 g/mol. The SMILES string of the molecule is COc1ccc(C2(C)CC=CC(=O)O2)cc1. The van der Waals surface area contributed by atoms with E-state index in [0.29, 0.717) is 6.42 Å². The molecule has 0 aliphatic carbocycles. The quantitative estimate of drug-likeness (QED) is 0.715. The van der Waals surface area contributed by atoms with Crippen LogP contribution in [0.25, 0.3) is 0 Å². The Morgan fingerprint density at radius 1 is 1.31 bits per heavy atom. The Morgan fingerprint density at radius 2 is 2.00 bits per heavy atom. The number of carbonyl (C=O) groups is 1. The number of methoxy groups -OCH3 is 1. The van der Waals surface area contributed by atoms with Crippen molar-refractivity contribution in [1.82, 2.24) is 0 Å². The van der Waals surface area contributed by atoms with Crippen LogP contribution in [0.1, 0.15) is 18.9 Å². The molecule has 0 saturated carbocycles. The third-order valence-electron chi connectivity index (χ3n) is 2.79. The van der Waals surface area contributed by atoms with E-state index in [-0.39, 0.29) is 5.97 Å². The molecule has 3 nitrogen and oxygen atoms in total. The molecule has 1 aliphatic rings. The lowest BCUT2D eigenvalue weighted by Gasteiger charge is -2.31. The molecule has 1 unspecified atom stereocenters. The smallest absolute Gasteiger partial charge is 0.331 e. The average molecular weight is 218 g/mol. The maximum absolute atomic E-state index is 11.2. The van der Waals surface area contributed by atoms with Crippen molar-refractivity contribution >= 4 is 5.97 Å². The Bertz CT molecular complexity index is 419. The fraction of sp³-hybridized carbons (Fsp3) is 0.308. The summed E-state index contributed by atoms with van der Waals surface area (Å²) < 4.78 is 10.5. The van der Waals surface area contributed by atoms with Crippen molar-refractivity contribution in [3.05, 3.63) is 42.0 Å². The van der Waals surface area contributed by atoms with Gasteiger partial charge < -0.3 is 9.47 Å². The fourth-order valence-electron chi connectivity index (χ4n) is 1.80. The molecule has 0 fully saturated rings. The number of esters is 1. The largest absolute Gasteiger partial charge is 0.497 e. The third kappa shape index (κ3) is 1.94. The van der Waals surface area contributed by atoms with Gasteiger partial charge in [-0.2, -0.15) is 0 Å². The zero-order valence-electron chi connectivity index (χ0n) is 9.40. The third-order valence-corrected chi connectivity index (χ3v) is 2.79. The van der Waals surface area contributed by atoms with Crippen molar-refractivity contribution in [2.24, 2.45) is 0 Å². The van der Waals surface area contributed by atoms with Crippen molar-refractivity contribution in [3.8, 4) is 5.75 Å². The maximum Gasteiger partial charge on any atom is 0.331 e. The molecule has 3 heteroatoms. The van der Waals surface area contributed by atoms with Crippen LogP contribution in [0.5, 0.6) is 5.75 Å². The van der Waals surface area contributed by atoms with E-state index < -0.39 is 5.60 Å². The molecule has 84 valence electrons. The van der Waals surface area contributed by atoms with Crippen molar-refractivity contribution in [2.75, 3.05) is 7.11 Å². The number of hydrogen-bond donors (Lipinski definition) is 0. The van der Waals surface area contributed by atoms with E-state index in [1.54, 1.807) is 7.11 Å². The second-order valence-corrected chi connectivity index (χ2v) is 3.99. The topological polar surface area (TPSA) is 35.5 Å².